The van der Waals surface area contributed by atoms with Crippen molar-refractivity contribution in [1.82, 2.24) is 0 Å². The minimum atomic E-state index is -1.51. The molecule has 2 fully saturated rings. The van der Waals surface area contributed by atoms with Crippen LogP contribution in [0.1, 0.15) is 34.6 Å². The largest absolute Gasteiger partial charge is 0.461 e. The summed E-state index contributed by atoms with van der Waals surface area (Å²) in [4.78, 5) is 62.4. The molecule has 222 valence electrons. The minimum Gasteiger partial charge on any atom is -0.461 e. The summed E-state index contributed by atoms with van der Waals surface area (Å²) >= 11 is 0. The molecule has 0 saturated carbocycles. The number of aliphatic hydroxyl groups is 1. The third-order valence-corrected chi connectivity index (χ3v) is 7.00. The normalized spacial score (nSPS) is 33.1. The molecule has 13 nitrogen and oxygen atoms in total. The monoisotopic (exact) mass is 576 g/mol. The van der Waals surface area contributed by atoms with E-state index in [1.807, 2.05) is 0 Å². The van der Waals surface area contributed by atoms with E-state index in [4.69, 9.17) is 33.2 Å². The zero-order valence-corrected chi connectivity index (χ0v) is 23.3. The summed E-state index contributed by atoms with van der Waals surface area (Å²) in [7, 11) is 0. The van der Waals surface area contributed by atoms with Crippen LogP contribution in [0.5, 0.6) is 0 Å². The Kier molecular flexibility index (Phi) is 8.52. The average Bonchev–Trinajstić information content (AvgIpc) is 3.78. The first kappa shape index (κ1) is 30.2. The van der Waals surface area contributed by atoms with Crippen molar-refractivity contribution in [2.75, 3.05) is 19.8 Å². The molecule has 13 heteroatoms. The highest BCUT2D eigenvalue weighted by Gasteiger charge is 2.72. The van der Waals surface area contributed by atoms with E-state index in [1.165, 1.54) is 13.8 Å². The number of hydrogen-bond acceptors (Lipinski definition) is 13. The first-order valence-electron chi connectivity index (χ1n) is 12.9. The van der Waals surface area contributed by atoms with Crippen LogP contribution < -0.4 is 0 Å². The Labute approximate surface area is 235 Å². The Morgan fingerprint density at radius 3 is 2.34 bits per heavy atom. The molecule has 1 aliphatic carbocycles. The molecule has 0 aromatic rings. The summed E-state index contributed by atoms with van der Waals surface area (Å²) in [6.45, 7) is 9.29. The second kappa shape index (κ2) is 11.6. The Balaban J connectivity index is 1.86. The zero-order chi connectivity index (χ0) is 30.2. The van der Waals surface area contributed by atoms with Crippen LogP contribution in [0.25, 0.3) is 0 Å². The standard InChI is InChI=1S/C28H32O13/c1-12(2)26(33)39-22-20-17(11-35-14(4)30)27(34)40-23(20)25-28(6,41-25)24-18(38-24)8-16(21(22)37-15(5)31)10-36-19(32)7-13(3)9-29/h7-8,18,21-25,29H,1,9-11H2,2-6H3/b13-7+,16-8-. The summed E-state index contributed by atoms with van der Waals surface area (Å²) in [5.74, 6) is -3.96. The first-order valence-corrected chi connectivity index (χ1v) is 12.9. The van der Waals surface area contributed by atoms with Crippen molar-refractivity contribution in [3.63, 3.8) is 0 Å². The van der Waals surface area contributed by atoms with E-state index < -0.39 is 85.3 Å². The van der Waals surface area contributed by atoms with Gasteiger partial charge < -0.3 is 38.3 Å². The highest BCUT2D eigenvalue weighted by atomic mass is 16.7. The Bertz CT molecular complexity index is 1270. The second-order valence-electron chi connectivity index (χ2n) is 10.4. The fraction of sp³-hybridized carbons (Fsp3) is 0.536. The molecule has 4 rings (SSSR count). The zero-order valence-electron chi connectivity index (χ0n) is 23.3. The van der Waals surface area contributed by atoms with Gasteiger partial charge in [-0.15, -0.1) is 0 Å². The number of aliphatic hydroxyl groups excluding tert-OH is 1. The number of epoxide rings is 2. The van der Waals surface area contributed by atoms with Crippen molar-refractivity contribution < 1.29 is 62.2 Å². The van der Waals surface area contributed by atoms with Gasteiger partial charge in [0.1, 0.15) is 37.1 Å². The predicted octanol–water partition coefficient (Wildman–Crippen LogP) is 0.538. The number of rotatable bonds is 9. The van der Waals surface area contributed by atoms with Crippen LogP contribution in [-0.2, 0) is 57.1 Å². The molecule has 4 aliphatic rings. The molecule has 2 saturated heterocycles. The van der Waals surface area contributed by atoms with Crippen LogP contribution in [0.15, 0.2) is 46.6 Å². The Morgan fingerprint density at radius 2 is 1.73 bits per heavy atom. The van der Waals surface area contributed by atoms with Gasteiger partial charge in [-0.05, 0) is 32.4 Å². The summed E-state index contributed by atoms with van der Waals surface area (Å²) in [5, 5.41) is 9.23. The SMILES string of the molecule is C=C(C)C(=O)OC1C2=C(COC(C)=O)C(=O)OC2C2OC2(C)C2OC2/C=C(/COC(=O)/C=C(\C)CO)C1OC(C)=O. The highest BCUT2D eigenvalue weighted by Crippen LogP contribution is 2.55. The van der Waals surface area contributed by atoms with Gasteiger partial charge in [-0.2, -0.15) is 0 Å². The lowest BCUT2D eigenvalue weighted by Crippen LogP contribution is -2.44. The van der Waals surface area contributed by atoms with E-state index >= 15 is 0 Å². The highest BCUT2D eigenvalue weighted by molar-refractivity contribution is 5.94. The molecular weight excluding hydrogens is 544 g/mol. The quantitative estimate of drug-likeness (QED) is 0.132. The summed E-state index contributed by atoms with van der Waals surface area (Å²) in [5.41, 5.74) is -0.415. The van der Waals surface area contributed by atoms with E-state index in [1.54, 1.807) is 13.0 Å². The molecule has 0 bridgehead atoms. The van der Waals surface area contributed by atoms with Gasteiger partial charge in [-0.3, -0.25) is 9.59 Å². The van der Waals surface area contributed by atoms with Crippen molar-refractivity contribution in [3.8, 4) is 0 Å². The number of fused-ring (bicyclic) bond motifs is 5. The van der Waals surface area contributed by atoms with E-state index in [0.29, 0.717) is 5.57 Å². The number of esters is 5. The molecule has 0 aromatic carbocycles. The minimum absolute atomic E-state index is 0.00673. The van der Waals surface area contributed by atoms with Crippen molar-refractivity contribution in [2.45, 2.75) is 76.8 Å². The second-order valence-corrected chi connectivity index (χ2v) is 10.4. The molecule has 1 N–H and O–H groups in total. The van der Waals surface area contributed by atoms with Gasteiger partial charge >= 0.3 is 29.8 Å². The van der Waals surface area contributed by atoms with E-state index in [-0.39, 0.29) is 28.9 Å². The van der Waals surface area contributed by atoms with E-state index in [9.17, 15) is 29.1 Å². The fourth-order valence-electron chi connectivity index (χ4n) is 4.85. The van der Waals surface area contributed by atoms with E-state index in [0.717, 1.165) is 19.9 Å². The van der Waals surface area contributed by atoms with Crippen LogP contribution in [0.4, 0.5) is 0 Å². The van der Waals surface area contributed by atoms with Crippen molar-refractivity contribution in [3.05, 3.63) is 46.6 Å². The number of hydrogen-bond donors (Lipinski definition) is 1. The summed E-state index contributed by atoms with van der Waals surface area (Å²) in [6, 6.07) is 0. The first-order chi connectivity index (χ1) is 19.3. The molecule has 7 atom stereocenters. The lowest BCUT2D eigenvalue weighted by atomic mass is 9.85. The number of carbonyl (C=O) groups is 5. The predicted molar refractivity (Wildman–Crippen MR) is 136 cm³/mol. The van der Waals surface area contributed by atoms with Crippen molar-refractivity contribution in [1.29, 1.82) is 0 Å². The molecule has 7 unspecified atom stereocenters. The molecule has 3 heterocycles. The summed E-state index contributed by atoms with van der Waals surface area (Å²) in [6.07, 6.45) is -3.10. The van der Waals surface area contributed by atoms with Gasteiger partial charge in [0.05, 0.1) is 12.2 Å². The van der Waals surface area contributed by atoms with Crippen molar-refractivity contribution >= 4 is 29.8 Å². The molecule has 0 amide bonds. The number of carbonyl (C=O) groups excluding carboxylic acids is 5. The van der Waals surface area contributed by atoms with Crippen LogP contribution in [0, 0.1) is 0 Å². The van der Waals surface area contributed by atoms with Crippen LogP contribution in [0.2, 0.25) is 0 Å². The molecule has 0 aromatic heterocycles. The van der Waals surface area contributed by atoms with Gasteiger partial charge in [-0.25, -0.2) is 14.4 Å². The van der Waals surface area contributed by atoms with Gasteiger partial charge in [0, 0.05) is 36.6 Å². The van der Waals surface area contributed by atoms with Crippen LogP contribution in [0.3, 0.4) is 0 Å². The van der Waals surface area contributed by atoms with Gasteiger partial charge in [0.25, 0.3) is 0 Å². The maximum Gasteiger partial charge on any atom is 0.338 e. The van der Waals surface area contributed by atoms with Gasteiger partial charge in [-0.1, -0.05) is 6.58 Å². The Hall–Kier alpha value is -3.81. The Morgan fingerprint density at radius 1 is 1.02 bits per heavy atom. The third kappa shape index (κ3) is 6.42. The smallest absolute Gasteiger partial charge is 0.338 e. The van der Waals surface area contributed by atoms with Crippen LogP contribution >= 0.6 is 0 Å². The topological polar surface area (TPSA) is 177 Å². The summed E-state index contributed by atoms with van der Waals surface area (Å²) < 4.78 is 39.4. The lowest BCUT2D eigenvalue weighted by Gasteiger charge is -2.32. The van der Waals surface area contributed by atoms with Gasteiger partial charge in [0.2, 0.25) is 0 Å². The van der Waals surface area contributed by atoms with E-state index in [2.05, 4.69) is 6.58 Å². The maximum absolute atomic E-state index is 13.1. The lowest BCUT2D eigenvalue weighted by molar-refractivity contribution is -0.160. The number of ether oxygens (including phenoxy) is 7. The molecule has 0 spiro atoms. The average molecular weight is 577 g/mol. The molecule has 0 radical (unpaired) electrons. The third-order valence-electron chi connectivity index (χ3n) is 7.00. The molecule has 41 heavy (non-hydrogen) atoms. The molecule has 3 aliphatic heterocycles. The van der Waals surface area contributed by atoms with Crippen LogP contribution in [-0.4, -0.2) is 97.0 Å². The maximum atomic E-state index is 13.1. The van der Waals surface area contributed by atoms with Crippen molar-refractivity contribution in [2.24, 2.45) is 0 Å². The van der Waals surface area contributed by atoms with Gasteiger partial charge in [0.15, 0.2) is 18.3 Å². The fourth-order valence-corrected chi connectivity index (χ4v) is 4.85. The molecular formula is C28H32O13.